The molecule has 1 rings (SSSR count). The molecule has 0 aliphatic carbocycles. The van der Waals surface area contributed by atoms with Crippen LogP contribution in [0.25, 0.3) is 0 Å². The molecule has 0 radical (unpaired) electrons. The highest BCUT2D eigenvalue weighted by Crippen LogP contribution is 2.43. The summed E-state index contributed by atoms with van der Waals surface area (Å²) in [6, 6.07) is 3.16. The molecule has 0 aliphatic rings. The molecule has 6 heteroatoms. The van der Waals surface area contributed by atoms with Crippen molar-refractivity contribution >= 4 is 5.97 Å². The zero-order valence-corrected chi connectivity index (χ0v) is 13.0. The third kappa shape index (κ3) is 4.01. The summed E-state index contributed by atoms with van der Waals surface area (Å²) >= 11 is 0. The smallest absolute Gasteiger partial charge is 0.339 e. The molecule has 0 amide bonds. The molecule has 0 aliphatic heterocycles. The van der Waals surface area contributed by atoms with Gasteiger partial charge in [0.15, 0.2) is 17.6 Å². The molecular weight excluding hydrogens is 276 g/mol. The van der Waals surface area contributed by atoms with Crippen LogP contribution in [0.4, 0.5) is 0 Å². The summed E-state index contributed by atoms with van der Waals surface area (Å²) in [5.41, 5.74) is 0.278. The molecule has 0 heterocycles. The fraction of sp³-hybridized carbons (Fsp3) is 0.533. The van der Waals surface area contributed by atoms with Crippen LogP contribution in [-0.2, 0) is 9.53 Å². The van der Waals surface area contributed by atoms with Gasteiger partial charge in [-0.15, -0.1) is 0 Å². The number of aliphatic hydroxyl groups is 1. The van der Waals surface area contributed by atoms with Crippen molar-refractivity contribution in [1.82, 2.24) is 0 Å². The molecule has 1 unspecified atom stereocenters. The van der Waals surface area contributed by atoms with Gasteiger partial charge >= 0.3 is 5.97 Å². The maximum atomic E-state index is 11.7. The number of aliphatic hydroxyl groups excluding tert-OH is 1. The summed E-state index contributed by atoms with van der Waals surface area (Å²) < 4.78 is 21.0. The molecule has 0 saturated heterocycles. The van der Waals surface area contributed by atoms with E-state index in [0.717, 1.165) is 0 Å². The third-order valence-corrected chi connectivity index (χ3v) is 2.69. The van der Waals surface area contributed by atoms with Gasteiger partial charge in [0.1, 0.15) is 0 Å². The number of hydrogen-bond acceptors (Lipinski definition) is 6. The number of methoxy groups -OCH3 is 2. The van der Waals surface area contributed by atoms with Crippen molar-refractivity contribution in [3.8, 4) is 17.2 Å². The van der Waals surface area contributed by atoms with Crippen LogP contribution >= 0.6 is 0 Å². The van der Waals surface area contributed by atoms with Crippen molar-refractivity contribution in [3.63, 3.8) is 0 Å². The van der Waals surface area contributed by atoms with Crippen LogP contribution in [0.1, 0.15) is 32.4 Å². The molecule has 0 bridgehead atoms. The first-order chi connectivity index (χ1) is 9.96. The highest BCUT2D eigenvalue weighted by atomic mass is 16.6. The second-order valence-corrected chi connectivity index (χ2v) is 4.54. The van der Waals surface area contributed by atoms with Gasteiger partial charge in [0, 0.05) is 5.56 Å². The Balaban J connectivity index is 3.33. The highest BCUT2D eigenvalue weighted by Gasteiger charge is 2.27. The Labute approximate surface area is 124 Å². The minimum atomic E-state index is -1.45. The number of esters is 1. The number of carbonyl (C=O) groups excluding carboxylic acids is 1. The lowest BCUT2D eigenvalue weighted by Gasteiger charge is -2.21. The van der Waals surface area contributed by atoms with E-state index in [1.165, 1.54) is 14.2 Å². The Bertz CT molecular complexity index is 483. The topological polar surface area (TPSA) is 74.2 Å². The molecule has 6 nitrogen and oxygen atoms in total. The van der Waals surface area contributed by atoms with Crippen molar-refractivity contribution in [3.05, 3.63) is 17.7 Å². The molecule has 1 atom stereocenters. The maximum absolute atomic E-state index is 11.7. The summed E-state index contributed by atoms with van der Waals surface area (Å²) in [5, 5.41) is 10.1. The molecular formula is C15H22O6. The van der Waals surface area contributed by atoms with Gasteiger partial charge < -0.3 is 24.1 Å². The molecule has 1 aromatic rings. The minimum Gasteiger partial charge on any atom is -0.493 e. The predicted octanol–water partition coefficient (Wildman–Crippen LogP) is 2.09. The van der Waals surface area contributed by atoms with Crippen molar-refractivity contribution in [1.29, 1.82) is 0 Å². The van der Waals surface area contributed by atoms with E-state index in [9.17, 15) is 9.90 Å². The Morgan fingerprint density at radius 3 is 2.33 bits per heavy atom. The average molecular weight is 298 g/mol. The van der Waals surface area contributed by atoms with E-state index in [1.807, 2.05) is 13.8 Å². The van der Waals surface area contributed by atoms with Crippen LogP contribution in [0.3, 0.4) is 0 Å². The molecule has 21 heavy (non-hydrogen) atoms. The third-order valence-electron chi connectivity index (χ3n) is 2.69. The quantitative estimate of drug-likeness (QED) is 0.777. The zero-order valence-electron chi connectivity index (χ0n) is 13.0. The lowest BCUT2D eigenvalue weighted by molar-refractivity contribution is -0.153. The molecule has 1 aromatic carbocycles. The van der Waals surface area contributed by atoms with Crippen molar-refractivity contribution in [2.24, 2.45) is 0 Å². The lowest BCUT2D eigenvalue weighted by Crippen LogP contribution is -2.18. The second-order valence-electron chi connectivity index (χ2n) is 4.54. The SMILES string of the molecule is CCOC(=O)C(O)c1ccc(OC)c(OC)c1OC(C)C. The van der Waals surface area contributed by atoms with Gasteiger partial charge in [-0.05, 0) is 32.9 Å². The molecule has 0 fully saturated rings. The van der Waals surface area contributed by atoms with Gasteiger partial charge in [0.2, 0.25) is 5.75 Å². The summed E-state index contributed by atoms with van der Waals surface area (Å²) in [7, 11) is 2.96. The number of hydrogen-bond donors (Lipinski definition) is 1. The first-order valence-corrected chi connectivity index (χ1v) is 6.72. The van der Waals surface area contributed by atoms with Crippen molar-refractivity contribution in [2.45, 2.75) is 33.0 Å². The lowest BCUT2D eigenvalue weighted by atomic mass is 10.1. The van der Waals surface area contributed by atoms with Crippen LogP contribution in [0, 0.1) is 0 Å². The number of rotatable bonds is 7. The largest absolute Gasteiger partial charge is 0.493 e. The van der Waals surface area contributed by atoms with Crippen molar-refractivity contribution < 1.29 is 28.8 Å². The Morgan fingerprint density at radius 2 is 1.86 bits per heavy atom. The number of carbonyl (C=O) groups is 1. The van der Waals surface area contributed by atoms with E-state index in [-0.39, 0.29) is 24.0 Å². The zero-order chi connectivity index (χ0) is 16.0. The van der Waals surface area contributed by atoms with E-state index in [1.54, 1.807) is 19.1 Å². The standard InChI is InChI=1S/C15H22O6/c1-6-20-15(17)12(16)10-7-8-11(18-4)14(19-5)13(10)21-9(2)3/h7-9,12,16H,6H2,1-5H3. The minimum absolute atomic E-state index is 0.167. The van der Waals surface area contributed by atoms with Crippen LogP contribution < -0.4 is 14.2 Å². The van der Waals surface area contributed by atoms with Crippen LogP contribution in [0.5, 0.6) is 17.2 Å². The van der Waals surface area contributed by atoms with Crippen LogP contribution in [0.2, 0.25) is 0 Å². The summed E-state index contributed by atoms with van der Waals surface area (Å²) in [4.78, 5) is 11.7. The van der Waals surface area contributed by atoms with Gasteiger partial charge in [0.05, 0.1) is 26.9 Å². The molecule has 0 spiro atoms. The van der Waals surface area contributed by atoms with E-state index in [2.05, 4.69) is 0 Å². The van der Waals surface area contributed by atoms with Crippen LogP contribution in [-0.4, -0.2) is 38.0 Å². The van der Waals surface area contributed by atoms with E-state index < -0.39 is 12.1 Å². The monoisotopic (exact) mass is 298 g/mol. The Kier molecular flexibility index (Phi) is 6.30. The van der Waals surface area contributed by atoms with Gasteiger partial charge in [-0.1, -0.05) is 0 Å². The average Bonchev–Trinajstić information content (AvgIpc) is 2.45. The normalized spacial score (nSPS) is 12.0. The Morgan fingerprint density at radius 1 is 1.19 bits per heavy atom. The Hall–Kier alpha value is -1.95. The van der Waals surface area contributed by atoms with E-state index >= 15 is 0 Å². The number of ether oxygens (including phenoxy) is 4. The molecule has 1 N–H and O–H groups in total. The van der Waals surface area contributed by atoms with E-state index in [4.69, 9.17) is 18.9 Å². The summed E-state index contributed by atoms with van der Waals surface area (Å²) in [6.45, 7) is 5.52. The van der Waals surface area contributed by atoms with Gasteiger partial charge in [0.25, 0.3) is 0 Å². The van der Waals surface area contributed by atoms with E-state index in [0.29, 0.717) is 11.5 Å². The second kappa shape index (κ2) is 7.73. The maximum Gasteiger partial charge on any atom is 0.339 e. The fourth-order valence-electron chi connectivity index (χ4n) is 1.83. The number of benzene rings is 1. The predicted molar refractivity (Wildman–Crippen MR) is 76.9 cm³/mol. The van der Waals surface area contributed by atoms with Gasteiger partial charge in [-0.3, -0.25) is 0 Å². The fourth-order valence-corrected chi connectivity index (χ4v) is 1.83. The van der Waals surface area contributed by atoms with Crippen LogP contribution in [0.15, 0.2) is 12.1 Å². The van der Waals surface area contributed by atoms with Gasteiger partial charge in [-0.25, -0.2) is 4.79 Å². The summed E-state index contributed by atoms with van der Waals surface area (Å²) in [5.74, 6) is 0.311. The van der Waals surface area contributed by atoms with Gasteiger partial charge in [-0.2, -0.15) is 0 Å². The molecule has 0 saturated carbocycles. The first kappa shape index (κ1) is 17.1. The molecule has 0 aromatic heterocycles. The summed E-state index contributed by atoms with van der Waals surface area (Å²) in [6.07, 6.45) is -1.61. The first-order valence-electron chi connectivity index (χ1n) is 6.72. The highest BCUT2D eigenvalue weighted by molar-refractivity contribution is 5.78. The molecule has 118 valence electrons. The van der Waals surface area contributed by atoms with Crippen molar-refractivity contribution in [2.75, 3.05) is 20.8 Å².